The highest BCUT2D eigenvalue weighted by Crippen LogP contribution is 2.25. The van der Waals surface area contributed by atoms with E-state index in [1.807, 2.05) is 47.8 Å². The summed E-state index contributed by atoms with van der Waals surface area (Å²) in [6.07, 6.45) is 0. The van der Waals surface area contributed by atoms with Crippen LogP contribution in [0.3, 0.4) is 0 Å². The Morgan fingerprint density at radius 1 is 1.00 bits per heavy atom. The number of anilines is 2. The lowest BCUT2D eigenvalue weighted by atomic mass is 10.2. The minimum absolute atomic E-state index is 0.167. The van der Waals surface area contributed by atoms with E-state index in [0.29, 0.717) is 17.3 Å². The van der Waals surface area contributed by atoms with Crippen LogP contribution in [0.5, 0.6) is 0 Å². The van der Waals surface area contributed by atoms with Crippen LogP contribution < -0.4 is 15.1 Å². The molecule has 5 nitrogen and oxygen atoms in total. The molecule has 4 rings (SSSR count). The summed E-state index contributed by atoms with van der Waals surface area (Å²) in [7, 11) is 0. The maximum atomic E-state index is 12.4. The van der Waals surface area contributed by atoms with Gasteiger partial charge in [0.1, 0.15) is 5.69 Å². The fraction of sp³-hybridized carbons (Fsp3) is 0.238. The summed E-state index contributed by atoms with van der Waals surface area (Å²) in [6.45, 7) is 3.93. The summed E-state index contributed by atoms with van der Waals surface area (Å²) in [5.41, 5.74) is 2.59. The van der Waals surface area contributed by atoms with Gasteiger partial charge in [0, 0.05) is 53.8 Å². The van der Waals surface area contributed by atoms with E-state index in [-0.39, 0.29) is 5.91 Å². The highest BCUT2D eigenvalue weighted by atomic mass is 35.5. The standard InChI is InChI=1S/C21H20Cl2N4OS/c22-16-6-4-15(5-7-16)13-24-20(28)19-14-29-21(25-19)27-10-8-26(9-11-27)18-3-1-2-17(23)12-18/h1-7,12,14H,8-11,13H2,(H,24,28). The summed E-state index contributed by atoms with van der Waals surface area (Å²) >= 11 is 13.5. The number of amides is 1. The zero-order valence-electron chi connectivity index (χ0n) is 15.6. The first-order chi connectivity index (χ1) is 14.1. The predicted octanol–water partition coefficient (Wildman–Crippen LogP) is 4.71. The molecule has 1 N–H and O–H groups in total. The van der Waals surface area contributed by atoms with Gasteiger partial charge in [0.15, 0.2) is 5.13 Å². The van der Waals surface area contributed by atoms with E-state index >= 15 is 0 Å². The van der Waals surface area contributed by atoms with Crippen molar-refractivity contribution in [1.29, 1.82) is 0 Å². The average molecular weight is 447 g/mol. The molecule has 8 heteroatoms. The van der Waals surface area contributed by atoms with Gasteiger partial charge in [-0.05, 0) is 35.9 Å². The Bertz CT molecular complexity index is 984. The van der Waals surface area contributed by atoms with Crippen molar-refractivity contribution >= 4 is 51.3 Å². The molecule has 0 bridgehead atoms. The molecule has 1 amide bonds. The molecule has 0 spiro atoms. The largest absolute Gasteiger partial charge is 0.368 e. The van der Waals surface area contributed by atoms with Crippen molar-refractivity contribution in [3.8, 4) is 0 Å². The van der Waals surface area contributed by atoms with Crippen molar-refractivity contribution in [1.82, 2.24) is 10.3 Å². The summed E-state index contributed by atoms with van der Waals surface area (Å²) in [6, 6.07) is 15.3. The summed E-state index contributed by atoms with van der Waals surface area (Å²) in [4.78, 5) is 21.5. The lowest BCUT2D eigenvalue weighted by molar-refractivity contribution is 0.0946. The number of benzene rings is 2. The van der Waals surface area contributed by atoms with Crippen molar-refractivity contribution in [3.63, 3.8) is 0 Å². The van der Waals surface area contributed by atoms with Crippen molar-refractivity contribution in [2.75, 3.05) is 36.0 Å². The molecule has 1 saturated heterocycles. The van der Waals surface area contributed by atoms with Gasteiger partial charge in [-0.1, -0.05) is 41.4 Å². The Balaban J connectivity index is 1.32. The molecule has 1 aliphatic heterocycles. The number of carbonyl (C=O) groups excluding carboxylic acids is 1. The van der Waals surface area contributed by atoms with Gasteiger partial charge in [0.05, 0.1) is 0 Å². The number of thiazole rings is 1. The second-order valence-corrected chi connectivity index (χ2v) is 8.49. The molecule has 1 aliphatic rings. The first-order valence-corrected chi connectivity index (χ1v) is 11.0. The maximum absolute atomic E-state index is 12.4. The molecule has 0 radical (unpaired) electrons. The van der Waals surface area contributed by atoms with Crippen molar-refractivity contribution < 1.29 is 4.79 Å². The monoisotopic (exact) mass is 446 g/mol. The van der Waals surface area contributed by atoms with Crippen LogP contribution in [-0.2, 0) is 6.54 Å². The Morgan fingerprint density at radius 2 is 1.72 bits per heavy atom. The highest BCUT2D eigenvalue weighted by Gasteiger charge is 2.21. The van der Waals surface area contributed by atoms with Crippen LogP contribution in [0, 0.1) is 0 Å². The summed E-state index contributed by atoms with van der Waals surface area (Å²) in [5.74, 6) is -0.167. The lowest BCUT2D eigenvalue weighted by Crippen LogP contribution is -2.46. The Labute approximate surface area is 183 Å². The third kappa shape index (κ3) is 5.01. The number of hydrogen-bond acceptors (Lipinski definition) is 5. The molecule has 1 aromatic heterocycles. The number of rotatable bonds is 5. The van der Waals surface area contributed by atoms with Gasteiger partial charge in [-0.3, -0.25) is 4.79 Å². The molecule has 29 heavy (non-hydrogen) atoms. The lowest BCUT2D eigenvalue weighted by Gasteiger charge is -2.36. The number of nitrogens with zero attached hydrogens (tertiary/aromatic N) is 3. The Morgan fingerprint density at radius 3 is 2.45 bits per heavy atom. The van der Waals surface area contributed by atoms with Crippen molar-refractivity contribution in [2.45, 2.75) is 6.54 Å². The van der Waals surface area contributed by atoms with Gasteiger partial charge in [-0.2, -0.15) is 0 Å². The molecule has 3 aromatic rings. The van der Waals surface area contributed by atoms with Crippen LogP contribution in [0.2, 0.25) is 10.0 Å². The number of piperazine rings is 1. The molecule has 1 fully saturated rings. The highest BCUT2D eigenvalue weighted by molar-refractivity contribution is 7.13. The van der Waals surface area contributed by atoms with E-state index in [9.17, 15) is 4.79 Å². The van der Waals surface area contributed by atoms with E-state index in [4.69, 9.17) is 23.2 Å². The second kappa shape index (κ2) is 9.03. The number of halogens is 2. The number of aromatic nitrogens is 1. The van der Waals surface area contributed by atoms with Crippen molar-refractivity contribution in [3.05, 3.63) is 75.2 Å². The van der Waals surface area contributed by atoms with Crippen LogP contribution in [0.1, 0.15) is 16.1 Å². The van der Waals surface area contributed by atoms with Crippen LogP contribution in [0.25, 0.3) is 0 Å². The SMILES string of the molecule is O=C(NCc1ccc(Cl)cc1)c1csc(N2CCN(c3cccc(Cl)c3)CC2)n1. The molecule has 2 heterocycles. The van der Waals surface area contributed by atoms with Crippen LogP contribution in [-0.4, -0.2) is 37.1 Å². The topological polar surface area (TPSA) is 48.5 Å². The van der Waals surface area contributed by atoms with Crippen LogP contribution in [0.4, 0.5) is 10.8 Å². The fourth-order valence-corrected chi connectivity index (χ4v) is 4.39. The Kier molecular flexibility index (Phi) is 6.23. The summed E-state index contributed by atoms with van der Waals surface area (Å²) < 4.78 is 0. The molecule has 0 unspecified atom stereocenters. The molecule has 0 saturated carbocycles. The zero-order chi connectivity index (χ0) is 20.2. The van der Waals surface area contributed by atoms with E-state index in [1.54, 1.807) is 0 Å². The summed E-state index contributed by atoms with van der Waals surface area (Å²) in [5, 5.41) is 7.03. The first-order valence-electron chi connectivity index (χ1n) is 9.32. The smallest absolute Gasteiger partial charge is 0.271 e. The van der Waals surface area contributed by atoms with E-state index in [0.717, 1.165) is 47.6 Å². The zero-order valence-corrected chi connectivity index (χ0v) is 18.0. The molecule has 150 valence electrons. The van der Waals surface area contributed by atoms with E-state index in [2.05, 4.69) is 26.2 Å². The second-order valence-electron chi connectivity index (χ2n) is 6.78. The van der Waals surface area contributed by atoms with E-state index in [1.165, 1.54) is 11.3 Å². The first kappa shape index (κ1) is 20.0. The third-order valence-corrected chi connectivity index (χ3v) is 6.20. The molecule has 2 aromatic carbocycles. The van der Waals surface area contributed by atoms with Crippen LogP contribution >= 0.6 is 34.5 Å². The quantitative estimate of drug-likeness (QED) is 0.616. The van der Waals surface area contributed by atoms with Crippen molar-refractivity contribution in [2.24, 2.45) is 0 Å². The molecular weight excluding hydrogens is 427 g/mol. The number of nitrogens with one attached hydrogen (secondary N) is 1. The Hall–Kier alpha value is -2.28. The minimum Gasteiger partial charge on any atom is -0.368 e. The van der Waals surface area contributed by atoms with Gasteiger partial charge >= 0.3 is 0 Å². The number of carbonyl (C=O) groups is 1. The van der Waals surface area contributed by atoms with Crippen LogP contribution in [0.15, 0.2) is 53.9 Å². The molecule has 0 aliphatic carbocycles. The number of hydrogen-bond donors (Lipinski definition) is 1. The van der Waals surface area contributed by atoms with Gasteiger partial charge in [0.2, 0.25) is 0 Å². The minimum atomic E-state index is -0.167. The predicted molar refractivity (Wildman–Crippen MR) is 121 cm³/mol. The molecule has 0 atom stereocenters. The molecular formula is C21H20Cl2N4OS. The fourth-order valence-electron chi connectivity index (χ4n) is 3.22. The third-order valence-electron chi connectivity index (χ3n) is 4.81. The average Bonchev–Trinajstić information content (AvgIpc) is 3.24. The van der Waals surface area contributed by atoms with Gasteiger partial charge in [0.25, 0.3) is 5.91 Å². The normalized spacial score (nSPS) is 14.1. The van der Waals surface area contributed by atoms with E-state index < -0.39 is 0 Å². The van der Waals surface area contributed by atoms with Gasteiger partial charge in [-0.25, -0.2) is 4.98 Å². The van der Waals surface area contributed by atoms with Gasteiger partial charge < -0.3 is 15.1 Å². The van der Waals surface area contributed by atoms with Gasteiger partial charge in [-0.15, -0.1) is 11.3 Å². The maximum Gasteiger partial charge on any atom is 0.271 e.